The number of anilines is 1. The first-order valence-corrected chi connectivity index (χ1v) is 6.26. The first kappa shape index (κ1) is 15.0. The van der Waals surface area contributed by atoms with Crippen molar-refractivity contribution >= 4 is 17.4 Å². The lowest BCUT2D eigenvalue weighted by molar-refractivity contribution is -0.117. The standard InChI is InChI=1S/C14H21N3O2/c1-8(2)11-7-5-6-9(3)12(11)16-14(18)10(4)13(15)17-19/h5-8,10,19H,1-4H3,(H2,15,17)(H,16,18). The van der Waals surface area contributed by atoms with Gasteiger partial charge in [0.2, 0.25) is 5.91 Å². The monoisotopic (exact) mass is 263 g/mol. The van der Waals surface area contributed by atoms with Gasteiger partial charge in [-0.3, -0.25) is 4.79 Å². The molecular weight excluding hydrogens is 242 g/mol. The van der Waals surface area contributed by atoms with Crippen LogP contribution in [0.2, 0.25) is 0 Å². The molecular formula is C14H21N3O2. The molecule has 0 aliphatic rings. The van der Waals surface area contributed by atoms with Crippen LogP contribution < -0.4 is 11.1 Å². The largest absolute Gasteiger partial charge is 0.409 e. The number of para-hydroxylation sites is 1. The summed E-state index contributed by atoms with van der Waals surface area (Å²) in [4.78, 5) is 12.1. The molecule has 0 saturated heterocycles. The zero-order chi connectivity index (χ0) is 14.6. The maximum absolute atomic E-state index is 12.1. The van der Waals surface area contributed by atoms with Crippen molar-refractivity contribution in [3.8, 4) is 0 Å². The Kier molecular flexibility index (Phi) is 4.92. The van der Waals surface area contributed by atoms with Crippen LogP contribution in [0.5, 0.6) is 0 Å². The van der Waals surface area contributed by atoms with Crippen LogP contribution >= 0.6 is 0 Å². The predicted molar refractivity (Wildman–Crippen MR) is 76.5 cm³/mol. The van der Waals surface area contributed by atoms with Crippen LogP contribution in [-0.2, 0) is 4.79 Å². The van der Waals surface area contributed by atoms with Crippen molar-refractivity contribution in [3.63, 3.8) is 0 Å². The van der Waals surface area contributed by atoms with E-state index in [1.165, 1.54) is 0 Å². The Morgan fingerprint density at radius 2 is 2.00 bits per heavy atom. The lowest BCUT2D eigenvalue weighted by Gasteiger charge is -2.18. The summed E-state index contributed by atoms with van der Waals surface area (Å²) in [6.07, 6.45) is 0. The van der Waals surface area contributed by atoms with Crippen LogP contribution in [0.15, 0.2) is 23.4 Å². The quantitative estimate of drug-likeness (QED) is 0.337. The Morgan fingerprint density at radius 3 is 2.53 bits per heavy atom. The average molecular weight is 263 g/mol. The van der Waals surface area contributed by atoms with E-state index >= 15 is 0 Å². The molecule has 0 aliphatic carbocycles. The second-order valence-electron chi connectivity index (χ2n) is 4.93. The molecule has 0 aromatic heterocycles. The number of aryl methyl sites for hydroxylation is 1. The lowest BCUT2D eigenvalue weighted by Crippen LogP contribution is -2.33. The van der Waals surface area contributed by atoms with Crippen LogP contribution in [-0.4, -0.2) is 17.0 Å². The molecule has 4 N–H and O–H groups in total. The van der Waals surface area contributed by atoms with Crippen molar-refractivity contribution in [2.45, 2.75) is 33.6 Å². The molecule has 1 aromatic carbocycles. The second kappa shape index (κ2) is 6.22. The number of benzene rings is 1. The topological polar surface area (TPSA) is 87.7 Å². The molecule has 0 spiro atoms. The zero-order valence-electron chi connectivity index (χ0n) is 11.8. The fraction of sp³-hybridized carbons (Fsp3) is 0.429. The van der Waals surface area contributed by atoms with E-state index in [1.807, 2.05) is 25.1 Å². The van der Waals surface area contributed by atoms with Gasteiger partial charge in [-0.15, -0.1) is 0 Å². The molecule has 1 rings (SSSR count). The number of oxime groups is 1. The highest BCUT2D eigenvalue weighted by Crippen LogP contribution is 2.27. The summed E-state index contributed by atoms with van der Waals surface area (Å²) in [5.41, 5.74) is 8.31. The van der Waals surface area contributed by atoms with E-state index in [0.29, 0.717) is 5.92 Å². The van der Waals surface area contributed by atoms with Crippen molar-refractivity contribution in [1.29, 1.82) is 0 Å². The minimum atomic E-state index is -0.676. The Balaban J connectivity index is 3.03. The lowest BCUT2D eigenvalue weighted by atomic mass is 9.97. The predicted octanol–water partition coefficient (Wildman–Crippen LogP) is 2.44. The van der Waals surface area contributed by atoms with Crippen molar-refractivity contribution in [1.82, 2.24) is 0 Å². The van der Waals surface area contributed by atoms with Crippen LogP contribution in [0.1, 0.15) is 37.8 Å². The van der Waals surface area contributed by atoms with Gasteiger partial charge in [0.1, 0.15) is 0 Å². The number of carbonyl (C=O) groups excluding carboxylic acids is 1. The normalized spacial score (nSPS) is 13.4. The summed E-state index contributed by atoms with van der Waals surface area (Å²) in [6.45, 7) is 7.67. The highest BCUT2D eigenvalue weighted by atomic mass is 16.4. The molecule has 5 heteroatoms. The Labute approximate surface area is 113 Å². The van der Waals surface area contributed by atoms with Crippen LogP contribution in [0.4, 0.5) is 5.69 Å². The Morgan fingerprint density at radius 1 is 1.37 bits per heavy atom. The van der Waals surface area contributed by atoms with E-state index in [4.69, 9.17) is 10.9 Å². The maximum atomic E-state index is 12.1. The number of hydrogen-bond donors (Lipinski definition) is 3. The Bertz CT molecular complexity index is 495. The van der Waals surface area contributed by atoms with E-state index in [1.54, 1.807) is 6.92 Å². The third-order valence-corrected chi connectivity index (χ3v) is 3.13. The summed E-state index contributed by atoms with van der Waals surface area (Å²) in [6, 6.07) is 5.89. The molecule has 104 valence electrons. The van der Waals surface area contributed by atoms with Gasteiger partial charge in [0.05, 0.1) is 5.92 Å². The van der Waals surface area contributed by atoms with Gasteiger partial charge in [-0.1, -0.05) is 37.2 Å². The van der Waals surface area contributed by atoms with Gasteiger partial charge in [0.15, 0.2) is 5.84 Å². The number of amidine groups is 1. The van der Waals surface area contributed by atoms with Crippen LogP contribution in [0.3, 0.4) is 0 Å². The first-order valence-electron chi connectivity index (χ1n) is 6.26. The summed E-state index contributed by atoms with van der Waals surface area (Å²) in [5, 5.41) is 14.3. The molecule has 0 fully saturated rings. The van der Waals surface area contributed by atoms with Gasteiger partial charge in [0, 0.05) is 5.69 Å². The molecule has 1 unspecified atom stereocenters. The molecule has 0 heterocycles. The molecule has 0 saturated carbocycles. The smallest absolute Gasteiger partial charge is 0.234 e. The molecule has 1 aromatic rings. The van der Waals surface area contributed by atoms with Crippen LogP contribution in [0.25, 0.3) is 0 Å². The summed E-state index contributed by atoms with van der Waals surface area (Å²) < 4.78 is 0. The number of nitrogens with zero attached hydrogens (tertiary/aromatic N) is 1. The fourth-order valence-corrected chi connectivity index (χ4v) is 1.79. The van der Waals surface area contributed by atoms with Crippen molar-refractivity contribution < 1.29 is 10.0 Å². The highest BCUT2D eigenvalue weighted by Gasteiger charge is 2.20. The molecule has 1 amide bonds. The van der Waals surface area contributed by atoms with E-state index in [-0.39, 0.29) is 11.7 Å². The number of hydrogen-bond acceptors (Lipinski definition) is 3. The molecule has 19 heavy (non-hydrogen) atoms. The summed E-state index contributed by atoms with van der Waals surface area (Å²) in [7, 11) is 0. The van der Waals surface area contributed by atoms with Gasteiger partial charge in [-0.05, 0) is 30.9 Å². The summed E-state index contributed by atoms with van der Waals surface area (Å²) in [5.74, 6) is -0.761. The SMILES string of the molecule is Cc1cccc(C(C)C)c1NC(=O)C(C)C(N)=NO. The highest BCUT2D eigenvalue weighted by molar-refractivity contribution is 6.07. The van der Waals surface area contributed by atoms with Gasteiger partial charge in [-0.2, -0.15) is 0 Å². The molecule has 0 radical (unpaired) electrons. The van der Waals surface area contributed by atoms with Gasteiger partial charge in [0.25, 0.3) is 0 Å². The number of carbonyl (C=O) groups is 1. The number of rotatable bonds is 4. The third kappa shape index (κ3) is 3.47. The van der Waals surface area contributed by atoms with E-state index < -0.39 is 5.92 Å². The van der Waals surface area contributed by atoms with E-state index in [9.17, 15) is 4.79 Å². The minimum absolute atomic E-state index is 0.0998. The average Bonchev–Trinajstić information content (AvgIpc) is 2.38. The number of nitrogens with one attached hydrogen (secondary N) is 1. The van der Waals surface area contributed by atoms with E-state index in [0.717, 1.165) is 16.8 Å². The summed E-state index contributed by atoms with van der Waals surface area (Å²) >= 11 is 0. The van der Waals surface area contributed by atoms with Crippen molar-refractivity contribution in [2.24, 2.45) is 16.8 Å². The Hall–Kier alpha value is -2.04. The zero-order valence-corrected chi connectivity index (χ0v) is 11.8. The van der Waals surface area contributed by atoms with Gasteiger partial charge >= 0.3 is 0 Å². The molecule has 0 aliphatic heterocycles. The van der Waals surface area contributed by atoms with Crippen molar-refractivity contribution in [2.75, 3.05) is 5.32 Å². The second-order valence-corrected chi connectivity index (χ2v) is 4.93. The maximum Gasteiger partial charge on any atom is 0.234 e. The van der Waals surface area contributed by atoms with Gasteiger partial charge < -0.3 is 16.3 Å². The van der Waals surface area contributed by atoms with Gasteiger partial charge in [-0.25, -0.2) is 0 Å². The van der Waals surface area contributed by atoms with Crippen LogP contribution in [0, 0.1) is 12.8 Å². The molecule has 1 atom stereocenters. The fourth-order valence-electron chi connectivity index (χ4n) is 1.79. The van der Waals surface area contributed by atoms with E-state index in [2.05, 4.69) is 24.3 Å². The number of nitrogens with two attached hydrogens (primary N) is 1. The number of amides is 1. The minimum Gasteiger partial charge on any atom is -0.409 e. The van der Waals surface area contributed by atoms with Crippen molar-refractivity contribution in [3.05, 3.63) is 29.3 Å². The first-order chi connectivity index (χ1) is 8.88. The third-order valence-electron chi connectivity index (χ3n) is 3.13. The molecule has 0 bridgehead atoms. The molecule has 5 nitrogen and oxygen atoms in total.